The molecule has 4 N–H and O–H groups in total. The number of thiocarbonyl (C=S) groups is 1. The van der Waals surface area contributed by atoms with Gasteiger partial charge in [-0.05, 0) is 36.9 Å². The first-order valence-electron chi connectivity index (χ1n) is 9.45. The number of hydrogen-bond donors (Lipinski definition) is 3. The first-order chi connectivity index (χ1) is 14.9. The van der Waals surface area contributed by atoms with Gasteiger partial charge in [-0.15, -0.1) is 11.3 Å². The van der Waals surface area contributed by atoms with Crippen molar-refractivity contribution in [2.75, 3.05) is 11.9 Å². The smallest absolute Gasteiger partial charge is 0.253 e. The number of benzene rings is 1. The number of hydrogen-bond acceptors (Lipinski definition) is 6. The van der Waals surface area contributed by atoms with Gasteiger partial charge in [0.1, 0.15) is 0 Å². The lowest BCUT2D eigenvalue weighted by molar-refractivity contribution is -0.115. The molecule has 7 nitrogen and oxygen atoms in total. The summed E-state index contributed by atoms with van der Waals surface area (Å²) in [5.74, 6) is -0.667. The fraction of sp³-hybridized carbons (Fsp3) is 0.143. The van der Waals surface area contributed by atoms with Crippen molar-refractivity contribution in [3.63, 3.8) is 0 Å². The van der Waals surface area contributed by atoms with Gasteiger partial charge in [0.2, 0.25) is 13.3 Å². The van der Waals surface area contributed by atoms with Crippen LogP contribution in [-0.4, -0.2) is 40.1 Å². The van der Waals surface area contributed by atoms with Gasteiger partial charge in [0.25, 0.3) is 5.91 Å². The van der Waals surface area contributed by atoms with Crippen molar-refractivity contribution < 1.29 is 9.59 Å². The topological polar surface area (TPSA) is 102 Å². The Hall–Kier alpha value is -3.24. The molecule has 0 atom stereocenters. The van der Waals surface area contributed by atoms with Crippen LogP contribution in [0.15, 0.2) is 59.9 Å². The SMILES string of the molecule is C[B]n1ccc(C(=O)NCC(=O)Nc2nc(-c3cccc(C(=S)/C=C(/C)N)c3)cs2)c1. The number of nitrogens with two attached hydrogens (primary N) is 1. The highest BCUT2D eigenvalue weighted by Gasteiger charge is 2.12. The molecule has 0 saturated carbocycles. The van der Waals surface area contributed by atoms with Gasteiger partial charge in [-0.1, -0.05) is 37.2 Å². The van der Waals surface area contributed by atoms with Crippen molar-refractivity contribution in [3.05, 3.63) is 71.0 Å². The molecule has 10 heteroatoms. The van der Waals surface area contributed by atoms with Gasteiger partial charge in [0.05, 0.1) is 17.8 Å². The van der Waals surface area contributed by atoms with Crippen LogP contribution < -0.4 is 16.4 Å². The first-order valence-corrected chi connectivity index (χ1v) is 10.7. The minimum atomic E-state index is -0.353. The van der Waals surface area contributed by atoms with E-state index in [1.165, 1.54) is 11.3 Å². The molecule has 3 aromatic rings. The number of aromatic nitrogens is 2. The summed E-state index contributed by atoms with van der Waals surface area (Å²) in [6.07, 6.45) is 5.19. The van der Waals surface area contributed by atoms with Crippen molar-refractivity contribution >= 4 is 52.8 Å². The zero-order valence-corrected chi connectivity index (χ0v) is 18.7. The van der Waals surface area contributed by atoms with E-state index in [1.807, 2.05) is 43.9 Å². The summed E-state index contributed by atoms with van der Waals surface area (Å²) in [6.45, 7) is 3.50. The van der Waals surface area contributed by atoms with Crippen LogP contribution in [0.3, 0.4) is 0 Å². The Morgan fingerprint density at radius 3 is 2.84 bits per heavy atom. The van der Waals surface area contributed by atoms with Gasteiger partial charge in [-0.2, -0.15) is 0 Å². The maximum Gasteiger partial charge on any atom is 0.253 e. The van der Waals surface area contributed by atoms with E-state index < -0.39 is 0 Å². The summed E-state index contributed by atoms with van der Waals surface area (Å²) in [7, 11) is 1.82. The monoisotopic (exact) mass is 450 g/mol. The second-order valence-corrected chi connectivity index (χ2v) is 8.01. The molecule has 0 bridgehead atoms. The second kappa shape index (κ2) is 10.2. The maximum absolute atomic E-state index is 12.2. The lowest BCUT2D eigenvalue weighted by atomic mass is 10.0. The molecular formula is C21H21BN5O2S2. The highest BCUT2D eigenvalue weighted by molar-refractivity contribution is 7.81. The van der Waals surface area contributed by atoms with E-state index in [1.54, 1.807) is 35.9 Å². The van der Waals surface area contributed by atoms with Gasteiger partial charge in [-0.25, -0.2) is 4.98 Å². The van der Waals surface area contributed by atoms with Gasteiger partial charge in [0, 0.05) is 27.7 Å². The molecule has 0 saturated heterocycles. The van der Waals surface area contributed by atoms with Crippen LogP contribution in [0, 0.1) is 0 Å². The summed E-state index contributed by atoms with van der Waals surface area (Å²) >= 11 is 6.70. The third kappa shape index (κ3) is 6.13. The minimum Gasteiger partial charge on any atom is -0.402 e. The predicted molar refractivity (Wildman–Crippen MR) is 130 cm³/mol. The van der Waals surface area contributed by atoms with Gasteiger partial charge in [-0.3, -0.25) is 9.59 Å². The van der Waals surface area contributed by atoms with Crippen LogP contribution in [0.5, 0.6) is 0 Å². The van der Waals surface area contributed by atoms with Gasteiger partial charge < -0.3 is 20.8 Å². The number of anilines is 1. The highest BCUT2D eigenvalue weighted by atomic mass is 32.1. The molecule has 0 fully saturated rings. The number of rotatable bonds is 8. The van der Waals surface area contributed by atoms with E-state index in [4.69, 9.17) is 18.0 Å². The van der Waals surface area contributed by atoms with E-state index in [2.05, 4.69) is 15.6 Å². The number of carbonyl (C=O) groups is 2. The molecule has 3 rings (SSSR count). The largest absolute Gasteiger partial charge is 0.402 e. The van der Waals surface area contributed by atoms with E-state index in [0.29, 0.717) is 21.3 Å². The van der Waals surface area contributed by atoms with Crippen molar-refractivity contribution in [2.45, 2.75) is 13.7 Å². The van der Waals surface area contributed by atoms with Crippen LogP contribution in [0.25, 0.3) is 11.3 Å². The molecule has 31 heavy (non-hydrogen) atoms. The number of nitrogens with one attached hydrogen (secondary N) is 2. The Morgan fingerprint density at radius 1 is 1.32 bits per heavy atom. The molecule has 0 spiro atoms. The van der Waals surface area contributed by atoms with Gasteiger partial charge in [0.15, 0.2) is 5.13 Å². The number of allylic oxidation sites excluding steroid dienone is 2. The molecule has 1 radical (unpaired) electrons. The van der Waals surface area contributed by atoms with Crippen molar-refractivity contribution in [1.82, 2.24) is 14.8 Å². The van der Waals surface area contributed by atoms with E-state index >= 15 is 0 Å². The second-order valence-electron chi connectivity index (χ2n) is 6.71. The standard InChI is InChI=1S/C21H21BN5O2S2/c1-13(23)8-18(30)15-5-3-4-14(9-15)17-12-31-21(25-17)26-19(28)10-24-20(29)16-6-7-27(11-16)22-2/h3-9,11-12H,10,23H2,1-2H3,(H,24,29)(H,25,26,28)/b13-8-. The zero-order valence-electron chi connectivity index (χ0n) is 17.1. The third-order valence-corrected chi connectivity index (χ3v) is 5.35. The molecule has 0 aliphatic heterocycles. The lowest BCUT2D eigenvalue weighted by Gasteiger charge is -2.04. The third-order valence-electron chi connectivity index (χ3n) is 4.24. The van der Waals surface area contributed by atoms with E-state index in [-0.39, 0.29) is 18.4 Å². The molecule has 0 aliphatic rings. The fourth-order valence-electron chi connectivity index (χ4n) is 2.72. The Labute approximate surface area is 190 Å². The molecule has 2 amide bonds. The van der Waals surface area contributed by atoms with Crippen molar-refractivity contribution in [3.8, 4) is 11.3 Å². The summed E-state index contributed by atoms with van der Waals surface area (Å²) in [5, 5.41) is 7.61. The Bertz CT molecular complexity index is 1150. The molecular weight excluding hydrogens is 429 g/mol. The number of carbonyl (C=O) groups excluding carboxylic acids is 2. The summed E-state index contributed by atoms with van der Waals surface area (Å²) in [5.41, 5.74) is 9.30. The Morgan fingerprint density at radius 2 is 2.13 bits per heavy atom. The van der Waals surface area contributed by atoms with Crippen LogP contribution in [0.2, 0.25) is 6.82 Å². The Balaban J connectivity index is 1.59. The number of thiazole rings is 1. The normalized spacial score (nSPS) is 11.1. The Kier molecular flexibility index (Phi) is 7.38. The number of nitrogens with zero attached hydrogens (tertiary/aromatic N) is 2. The van der Waals surface area contributed by atoms with Crippen LogP contribution in [0.4, 0.5) is 5.13 Å². The summed E-state index contributed by atoms with van der Waals surface area (Å²) in [6, 6.07) is 9.35. The van der Waals surface area contributed by atoms with Crippen LogP contribution >= 0.6 is 23.6 Å². The average molecular weight is 450 g/mol. The van der Waals surface area contributed by atoms with Crippen LogP contribution in [0.1, 0.15) is 22.8 Å². The quantitative estimate of drug-likeness (QED) is 0.212. The molecule has 1 aromatic carbocycles. The molecule has 157 valence electrons. The van der Waals surface area contributed by atoms with E-state index in [9.17, 15) is 9.59 Å². The first kappa shape index (κ1) is 22.5. The van der Waals surface area contributed by atoms with Crippen LogP contribution in [-0.2, 0) is 4.79 Å². The molecule has 0 unspecified atom stereocenters. The minimum absolute atomic E-state index is 0.150. The summed E-state index contributed by atoms with van der Waals surface area (Å²) < 4.78 is 1.77. The van der Waals surface area contributed by atoms with Crippen molar-refractivity contribution in [2.24, 2.45) is 5.73 Å². The highest BCUT2D eigenvalue weighted by Crippen LogP contribution is 2.26. The van der Waals surface area contributed by atoms with Crippen molar-refractivity contribution in [1.29, 1.82) is 0 Å². The maximum atomic E-state index is 12.2. The number of amides is 2. The molecule has 2 heterocycles. The summed E-state index contributed by atoms with van der Waals surface area (Å²) in [4.78, 5) is 29.4. The van der Waals surface area contributed by atoms with E-state index in [0.717, 1.165) is 16.8 Å². The zero-order chi connectivity index (χ0) is 22.4. The van der Waals surface area contributed by atoms with Gasteiger partial charge >= 0.3 is 0 Å². The molecule has 0 aliphatic carbocycles. The average Bonchev–Trinajstić information content (AvgIpc) is 3.41. The predicted octanol–water partition coefficient (Wildman–Crippen LogP) is 3.08. The lowest BCUT2D eigenvalue weighted by Crippen LogP contribution is -2.32. The fourth-order valence-corrected chi connectivity index (χ4v) is 3.77. The molecule has 2 aromatic heterocycles.